The van der Waals surface area contributed by atoms with Crippen LogP contribution in [0.4, 0.5) is 4.39 Å². The van der Waals surface area contributed by atoms with Crippen LogP contribution < -0.4 is 14.8 Å². The fourth-order valence-electron chi connectivity index (χ4n) is 4.98. The fraction of sp³-hybridized carbons (Fsp3) is 0.333. The number of ether oxygens (including phenoxy) is 3. The van der Waals surface area contributed by atoms with Crippen LogP contribution in [-0.4, -0.2) is 24.6 Å². The highest BCUT2D eigenvalue weighted by Gasteiger charge is 2.42. The standard InChI is InChI=1S/C27H26FNO5/c1-14(2)34-27(31)24-15(3)29-20-10-18(16-4-7-19(28)8-5-16)11-21(30)26(20)25(24)17-6-9-22-23(12-17)33-13-32-22/h4-9,12,14,18,25,29H,10-11,13H2,1-3H3/t18-,25-/m0/s1. The molecule has 0 amide bonds. The highest BCUT2D eigenvalue weighted by Crippen LogP contribution is 2.47. The minimum atomic E-state index is -0.585. The normalized spacial score (nSPS) is 21.5. The predicted molar refractivity (Wildman–Crippen MR) is 123 cm³/mol. The number of allylic oxidation sites excluding steroid dienone is 3. The average molecular weight is 464 g/mol. The van der Waals surface area contributed by atoms with Gasteiger partial charge in [0.25, 0.3) is 0 Å². The lowest BCUT2D eigenvalue weighted by Gasteiger charge is -2.37. The maximum atomic E-state index is 13.6. The number of hydrogen-bond acceptors (Lipinski definition) is 6. The summed E-state index contributed by atoms with van der Waals surface area (Å²) in [5, 5.41) is 3.32. The van der Waals surface area contributed by atoms with Gasteiger partial charge in [-0.15, -0.1) is 0 Å². The molecule has 5 rings (SSSR count). The molecule has 2 aromatic rings. The minimum Gasteiger partial charge on any atom is -0.460 e. The van der Waals surface area contributed by atoms with Gasteiger partial charge in [-0.05, 0) is 68.5 Å². The Hall–Kier alpha value is -3.61. The molecule has 0 spiro atoms. The van der Waals surface area contributed by atoms with Crippen molar-refractivity contribution in [3.05, 3.63) is 81.9 Å². The Bertz CT molecular complexity index is 1230. The summed E-state index contributed by atoms with van der Waals surface area (Å²) in [7, 11) is 0. The maximum Gasteiger partial charge on any atom is 0.337 e. The molecule has 0 bridgehead atoms. The summed E-state index contributed by atoms with van der Waals surface area (Å²) >= 11 is 0. The molecule has 34 heavy (non-hydrogen) atoms. The third kappa shape index (κ3) is 3.95. The minimum absolute atomic E-state index is 0.0481. The van der Waals surface area contributed by atoms with Gasteiger partial charge < -0.3 is 19.5 Å². The Balaban J connectivity index is 1.59. The van der Waals surface area contributed by atoms with Gasteiger partial charge in [-0.1, -0.05) is 18.2 Å². The van der Waals surface area contributed by atoms with Crippen LogP contribution in [0.3, 0.4) is 0 Å². The summed E-state index contributed by atoms with van der Waals surface area (Å²) in [6.45, 7) is 5.55. The molecule has 7 heteroatoms. The van der Waals surface area contributed by atoms with Crippen LogP contribution in [0.25, 0.3) is 0 Å². The van der Waals surface area contributed by atoms with Gasteiger partial charge in [0.1, 0.15) is 5.82 Å². The molecule has 1 N–H and O–H groups in total. The molecule has 2 atom stereocenters. The number of benzene rings is 2. The van der Waals surface area contributed by atoms with E-state index in [9.17, 15) is 14.0 Å². The zero-order valence-electron chi connectivity index (χ0n) is 19.3. The maximum absolute atomic E-state index is 13.6. The molecule has 6 nitrogen and oxygen atoms in total. The van der Waals surface area contributed by atoms with Crippen LogP contribution in [0.1, 0.15) is 56.6 Å². The molecular weight excluding hydrogens is 437 g/mol. The van der Waals surface area contributed by atoms with Gasteiger partial charge in [0.2, 0.25) is 6.79 Å². The summed E-state index contributed by atoms with van der Waals surface area (Å²) in [6.07, 6.45) is 0.557. The van der Waals surface area contributed by atoms with Crippen molar-refractivity contribution < 1.29 is 28.2 Å². The first-order chi connectivity index (χ1) is 16.3. The zero-order valence-corrected chi connectivity index (χ0v) is 19.3. The lowest BCUT2D eigenvalue weighted by molar-refractivity contribution is -0.143. The molecule has 0 aromatic heterocycles. The Morgan fingerprint density at radius 1 is 1.06 bits per heavy atom. The van der Waals surface area contributed by atoms with E-state index in [0.717, 1.165) is 16.8 Å². The SMILES string of the molecule is CC1=C(C(=O)OC(C)C)[C@H](c2ccc3c(c2)OCO3)C2=C(C[C@H](c3ccc(F)cc3)CC2=O)N1. The summed E-state index contributed by atoms with van der Waals surface area (Å²) < 4.78 is 30.0. The van der Waals surface area contributed by atoms with Gasteiger partial charge in [0.05, 0.1) is 11.7 Å². The summed E-state index contributed by atoms with van der Waals surface area (Å²) in [6, 6.07) is 11.8. The number of rotatable bonds is 4. The molecule has 0 saturated carbocycles. The van der Waals surface area contributed by atoms with Gasteiger partial charge in [-0.3, -0.25) is 4.79 Å². The number of esters is 1. The molecule has 0 radical (unpaired) electrons. The first-order valence-corrected chi connectivity index (χ1v) is 11.4. The van der Waals surface area contributed by atoms with Crippen molar-refractivity contribution >= 4 is 11.8 Å². The van der Waals surface area contributed by atoms with Crippen LogP contribution in [0, 0.1) is 5.82 Å². The molecule has 0 saturated heterocycles. The van der Waals surface area contributed by atoms with Gasteiger partial charge in [-0.2, -0.15) is 0 Å². The third-order valence-electron chi connectivity index (χ3n) is 6.46. The van der Waals surface area contributed by atoms with Gasteiger partial charge in [0.15, 0.2) is 17.3 Å². The van der Waals surface area contributed by atoms with Crippen molar-refractivity contribution in [2.75, 3.05) is 6.79 Å². The van der Waals surface area contributed by atoms with E-state index in [2.05, 4.69) is 5.32 Å². The van der Waals surface area contributed by atoms with Crippen molar-refractivity contribution in [2.45, 2.75) is 51.6 Å². The summed E-state index contributed by atoms with van der Waals surface area (Å²) in [4.78, 5) is 26.8. The molecule has 2 aliphatic heterocycles. The molecular formula is C27H26FNO5. The highest BCUT2D eigenvalue weighted by atomic mass is 19.1. The molecule has 1 aliphatic carbocycles. The first kappa shape index (κ1) is 22.2. The van der Waals surface area contributed by atoms with E-state index in [4.69, 9.17) is 14.2 Å². The number of dihydropyridines is 1. The second kappa shape index (κ2) is 8.63. The first-order valence-electron chi connectivity index (χ1n) is 11.4. The van der Waals surface area contributed by atoms with Crippen LogP contribution in [0.2, 0.25) is 0 Å². The Morgan fingerprint density at radius 3 is 2.50 bits per heavy atom. The predicted octanol–water partition coefficient (Wildman–Crippen LogP) is 4.87. The quantitative estimate of drug-likeness (QED) is 0.653. The number of carbonyl (C=O) groups excluding carboxylic acids is 2. The van der Waals surface area contributed by atoms with E-state index in [1.807, 2.05) is 19.1 Å². The number of carbonyl (C=O) groups is 2. The molecule has 2 aromatic carbocycles. The Morgan fingerprint density at radius 2 is 1.76 bits per heavy atom. The smallest absolute Gasteiger partial charge is 0.337 e. The Labute approximate surface area is 197 Å². The van der Waals surface area contributed by atoms with E-state index >= 15 is 0 Å². The van der Waals surface area contributed by atoms with Gasteiger partial charge >= 0.3 is 5.97 Å². The second-order valence-corrected chi connectivity index (χ2v) is 9.14. The third-order valence-corrected chi connectivity index (χ3v) is 6.46. The molecule has 176 valence electrons. The van der Waals surface area contributed by atoms with Crippen molar-refractivity contribution in [3.63, 3.8) is 0 Å². The molecule has 0 unspecified atom stereocenters. The number of ketones is 1. The van der Waals surface area contributed by atoms with E-state index in [-0.39, 0.29) is 36.8 Å². The Kier molecular flexibility index (Phi) is 5.63. The van der Waals surface area contributed by atoms with E-state index in [1.54, 1.807) is 32.0 Å². The lowest BCUT2D eigenvalue weighted by Crippen LogP contribution is -2.36. The largest absolute Gasteiger partial charge is 0.460 e. The van der Waals surface area contributed by atoms with Crippen LogP contribution in [0.15, 0.2) is 65.0 Å². The highest BCUT2D eigenvalue weighted by molar-refractivity contribution is 6.04. The lowest BCUT2D eigenvalue weighted by atomic mass is 9.71. The van der Waals surface area contributed by atoms with Crippen molar-refractivity contribution in [3.8, 4) is 11.5 Å². The topological polar surface area (TPSA) is 73.9 Å². The monoisotopic (exact) mass is 463 g/mol. The van der Waals surface area contributed by atoms with Gasteiger partial charge in [0, 0.05) is 29.3 Å². The van der Waals surface area contributed by atoms with E-state index in [1.165, 1.54) is 12.1 Å². The molecule has 3 aliphatic rings. The van der Waals surface area contributed by atoms with Crippen LogP contribution in [-0.2, 0) is 14.3 Å². The van der Waals surface area contributed by atoms with Crippen LogP contribution in [0.5, 0.6) is 11.5 Å². The molecule has 2 heterocycles. The summed E-state index contributed by atoms with van der Waals surface area (Å²) in [5.74, 6) is -0.259. The van der Waals surface area contributed by atoms with Gasteiger partial charge in [-0.25, -0.2) is 9.18 Å². The number of Topliss-reactive ketones (excluding diaryl/α,β-unsaturated/α-hetero) is 1. The van der Waals surface area contributed by atoms with Crippen molar-refractivity contribution in [1.29, 1.82) is 0 Å². The number of hydrogen-bond donors (Lipinski definition) is 1. The van der Waals surface area contributed by atoms with Crippen molar-refractivity contribution in [1.82, 2.24) is 5.32 Å². The number of fused-ring (bicyclic) bond motifs is 1. The van der Waals surface area contributed by atoms with E-state index in [0.29, 0.717) is 34.8 Å². The number of halogens is 1. The summed E-state index contributed by atoms with van der Waals surface area (Å²) in [5.41, 5.74) is 4.10. The molecule has 0 fully saturated rings. The second-order valence-electron chi connectivity index (χ2n) is 9.14. The number of nitrogens with one attached hydrogen (secondary N) is 1. The fourth-order valence-corrected chi connectivity index (χ4v) is 4.98. The van der Waals surface area contributed by atoms with Crippen molar-refractivity contribution in [2.24, 2.45) is 0 Å². The zero-order chi connectivity index (χ0) is 24.0. The van der Waals surface area contributed by atoms with E-state index < -0.39 is 11.9 Å². The van der Waals surface area contributed by atoms with Crippen LogP contribution >= 0.6 is 0 Å². The average Bonchev–Trinajstić information content (AvgIpc) is 3.25.